The Hall–Kier alpha value is -2.62. The van der Waals surface area contributed by atoms with Gasteiger partial charge >= 0.3 is 0 Å². The molecule has 1 saturated carbocycles. The van der Waals surface area contributed by atoms with Crippen molar-refractivity contribution in [2.45, 2.75) is 12.8 Å². The highest BCUT2D eigenvalue weighted by molar-refractivity contribution is 5.88. The van der Waals surface area contributed by atoms with Gasteiger partial charge in [-0.2, -0.15) is 9.49 Å². The third kappa shape index (κ3) is 2.72. The average molecular weight is 308 g/mol. The fraction of sp³-hybridized carbons (Fsp3) is 0.211. The highest BCUT2D eigenvalue weighted by Gasteiger charge is 2.27. The molecule has 0 atom stereocenters. The van der Waals surface area contributed by atoms with Gasteiger partial charge in [-0.05, 0) is 59.7 Å². The molecule has 0 amide bonds. The van der Waals surface area contributed by atoms with Crippen molar-refractivity contribution in [1.82, 2.24) is 10.2 Å². The molecule has 1 heterocycles. The highest BCUT2D eigenvalue weighted by Crippen LogP contribution is 2.43. The fourth-order valence-electron chi connectivity index (χ4n) is 2.90. The lowest BCUT2D eigenvalue weighted by molar-refractivity contribution is 0.414. The maximum absolute atomic E-state index is 13.7. The van der Waals surface area contributed by atoms with Crippen molar-refractivity contribution >= 4 is 22.6 Å². The second-order valence-corrected chi connectivity index (χ2v) is 5.92. The second kappa shape index (κ2) is 5.54. The molecule has 116 valence electrons. The molecule has 23 heavy (non-hydrogen) atoms. The van der Waals surface area contributed by atoms with E-state index in [-0.39, 0.29) is 5.95 Å². The largest absolute Gasteiger partial charge is 0.497 e. The van der Waals surface area contributed by atoms with Crippen molar-refractivity contribution in [3.8, 4) is 5.75 Å². The van der Waals surface area contributed by atoms with Gasteiger partial charge in [0.15, 0.2) is 0 Å². The molecule has 1 N–H and O–H groups in total. The molecule has 0 radical (unpaired) electrons. The zero-order valence-corrected chi connectivity index (χ0v) is 12.8. The van der Waals surface area contributed by atoms with Gasteiger partial charge in [0, 0.05) is 0 Å². The minimum atomic E-state index is -0.385. The lowest BCUT2D eigenvalue weighted by atomic mass is 9.98. The molecular weight excluding hydrogens is 291 g/mol. The first-order valence-electron chi connectivity index (χ1n) is 7.74. The summed E-state index contributed by atoms with van der Waals surface area (Å²) in [4.78, 5) is 0. The monoisotopic (exact) mass is 308 g/mol. The molecule has 0 unspecified atom stereocenters. The van der Waals surface area contributed by atoms with Gasteiger partial charge in [0.25, 0.3) is 0 Å². The van der Waals surface area contributed by atoms with Crippen molar-refractivity contribution in [1.29, 1.82) is 0 Å². The van der Waals surface area contributed by atoms with Crippen LogP contribution in [-0.2, 0) is 0 Å². The Bertz CT molecular complexity index is 893. The van der Waals surface area contributed by atoms with Gasteiger partial charge < -0.3 is 4.74 Å². The highest BCUT2D eigenvalue weighted by atomic mass is 19.1. The number of aromatic amines is 1. The minimum Gasteiger partial charge on any atom is -0.497 e. The zero-order chi connectivity index (χ0) is 15.8. The first-order chi connectivity index (χ1) is 11.2. The van der Waals surface area contributed by atoms with Gasteiger partial charge in [-0.3, -0.25) is 5.10 Å². The predicted octanol–water partition coefficient (Wildman–Crippen LogP) is 4.66. The van der Waals surface area contributed by atoms with Crippen LogP contribution in [0.1, 0.15) is 24.0 Å². The van der Waals surface area contributed by atoms with Crippen molar-refractivity contribution in [2.75, 3.05) is 7.11 Å². The molecule has 0 bridgehead atoms. The normalized spacial score (nSPS) is 15.1. The standard InChI is InChI=1S/C19H17FN2O/c1-23-15-4-2-3-14(11-15)16(13-6-7-13)9-12-5-8-18-17(10-12)19(20)22-21-18/h2-5,8-11,13H,6-7H2,1H3,(H,21,22)/b16-9+. The van der Waals surface area contributed by atoms with Crippen molar-refractivity contribution in [2.24, 2.45) is 5.92 Å². The molecule has 4 heteroatoms. The van der Waals surface area contributed by atoms with E-state index in [0.717, 1.165) is 11.3 Å². The first-order valence-corrected chi connectivity index (χ1v) is 7.74. The van der Waals surface area contributed by atoms with Crippen LogP contribution in [0.2, 0.25) is 0 Å². The number of methoxy groups -OCH3 is 1. The van der Waals surface area contributed by atoms with Crippen LogP contribution in [-0.4, -0.2) is 17.3 Å². The van der Waals surface area contributed by atoms with E-state index in [2.05, 4.69) is 28.4 Å². The predicted molar refractivity (Wildman–Crippen MR) is 89.6 cm³/mol. The van der Waals surface area contributed by atoms with E-state index in [9.17, 15) is 4.39 Å². The Morgan fingerprint density at radius 1 is 1.26 bits per heavy atom. The maximum Gasteiger partial charge on any atom is 0.216 e. The number of nitrogens with one attached hydrogen (secondary N) is 1. The van der Waals surface area contributed by atoms with Crippen molar-refractivity contribution in [3.63, 3.8) is 0 Å². The van der Waals surface area contributed by atoms with Crippen molar-refractivity contribution in [3.05, 3.63) is 59.5 Å². The molecule has 0 aliphatic heterocycles. The Labute approximate surface area is 133 Å². The summed E-state index contributed by atoms with van der Waals surface area (Å²) in [6.45, 7) is 0. The van der Waals surface area contributed by atoms with Crippen LogP contribution in [0.5, 0.6) is 5.75 Å². The zero-order valence-electron chi connectivity index (χ0n) is 12.8. The molecule has 4 rings (SSSR count). The molecule has 1 aliphatic rings. The van der Waals surface area contributed by atoms with Gasteiger partial charge in [-0.1, -0.05) is 24.3 Å². The van der Waals surface area contributed by atoms with E-state index >= 15 is 0 Å². The van der Waals surface area contributed by atoms with Gasteiger partial charge in [-0.25, -0.2) is 0 Å². The van der Waals surface area contributed by atoms with Gasteiger partial charge in [0.05, 0.1) is 18.0 Å². The number of halogens is 1. The number of benzene rings is 2. The van der Waals surface area contributed by atoms with Crippen molar-refractivity contribution < 1.29 is 9.13 Å². The number of rotatable bonds is 4. The number of allylic oxidation sites excluding steroid dienone is 1. The first kappa shape index (κ1) is 14.0. The summed E-state index contributed by atoms with van der Waals surface area (Å²) in [5.41, 5.74) is 4.09. The van der Waals surface area contributed by atoms with Crippen LogP contribution in [0.15, 0.2) is 42.5 Å². The van der Waals surface area contributed by atoms with Crippen LogP contribution in [0.4, 0.5) is 4.39 Å². The minimum absolute atomic E-state index is 0.385. The summed E-state index contributed by atoms with van der Waals surface area (Å²) < 4.78 is 19.0. The van der Waals surface area contributed by atoms with Crippen LogP contribution >= 0.6 is 0 Å². The second-order valence-electron chi connectivity index (χ2n) is 5.92. The number of hydrogen-bond acceptors (Lipinski definition) is 2. The number of fused-ring (bicyclic) bond motifs is 1. The number of nitrogens with zero attached hydrogens (tertiary/aromatic N) is 1. The maximum atomic E-state index is 13.7. The molecular formula is C19H17FN2O. The van der Waals surface area contributed by atoms with Gasteiger partial charge in [0.1, 0.15) is 5.75 Å². The topological polar surface area (TPSA) is 37.9 Å². The lowest BCUT2D eigenvalue weighted by Crippen LogP contribution is -1.90. The summed E-state index contributed by atoms with van der Waals surface area (Å²) in [6.07, 6.45) is 4.55. The molecule has 2 aromatic carbocycles. The number of hydrogen-bond donors (Lipinski definition) is 1. The summed E-state index contributed by atoms with van der Waals surface area (Å²) >= 11 is 0. The SMILES string of the molecule is COc1cccc(/C(=C/c2ccc3n[nH]c(F)c3c2)C2CC2)c1. The van der Waals surface area contributed by atoms with E-state index < -0.39 is 0 Å². The third-order valence-electron chi connectivity index (χ3n) is 4.27. The third-order valence-corrected chi connectivity index (χ3v) is 4.27. The Morgan fingerprint density at radius 2 is 2.13 bits per heavy atom. The lowest BCUT2D eigenvalue weighted by Gasteiger charge is -2.09. The molecule has 3 nitrogen and oxygen atoms in total. The van der Waals surface area contributed by atoms with Crippen LogP contribution < -0.4 is 4.74 Å². The fourth-order valence-corrected chi connectivity index (χ4v) is 2.90. The smallest absolute Gasteiger partial charge is 0.216 e. The van der Waals surface area contributed by atoms with Gasteiger partial charge in [-0.15, -0.1) is 0 Å². The molecule has 0 spiro atoms. The van der Waals surface area contributed by atoms with Crippen LogP contribution in [0.3, 0.4) is 0 Å². The van der Waals surface area contributed by atoms with E-state index in [1.807, 2.05) is 30.3 Å². The quantitative estimate of drug-likeness (QED) is 0.712. The van der Waals surface area contributed by atoms with Crippen LogP contribution in [0, 0.1) is 11.9 Å². The molecule has 1 fully saturated rings. The molecule has 1 aliphatic carbocycles. The van der Waals surface area contributed by atoms with E-state index in [1.165, 1.54) is 24.0 Å². The Kier molecular flexibility index (Phi) is 3.37. The molecule has 3 aromatic rings. The summed E-state index contributed by atoms with van der Waals surface area (Å²) in [5.74, 6) is 1.04. The van der Waals surface area contributed by atoms with E-state index in [0.29, 0.717) is 16.8 Å². The van der Waals surface area contributed by atoms with Crippen LogP contribution in [0.25, 0.3) is 22.6 Å². The number of H-pyrrole nitrogens is 1. The number of aromatic nitrogens is 2. The summed E-state index contributed by atoms with van der Waals surface area (Å²) in [5, 5.41) is 6.84. The van der Waals surface area contributed by atoms with E-state index in [4.69, 9.17) is 4.74 Å². The summed E-state index contributed by atoms with van der Waals surface area (Å²) in [6, 6.07) is 13.8. The summed E-state index contributed by atoms with van der Waals surface area (Å²) in [7, 11) is 1.68. The Balaban J connectivity index is 1.78. The van der Waals surface area contributed by atoms with Gasteiger partial charge in [0.2, 0.25) is 5.95 Å². The Morgan fingerprint density at radius 3 is 2.91 bits per heavy atom. The average Bonchev–Trinajstić information content (AvgIpc) is 3.37. The molecule has 0 saturated heterocycles. The number of ether oxygens (including phenoxy) is 1. The van der Waals surface area contributed by atoms with E-state index in [1.54, 1.807) is 7.11 Å². The molecule has 1 aromatic heterocycles.